The minimum atomic E-state index is 0.575. The van der Waals surface area contributed by atoms with Crippen LogP contribution in [0.5, 0.6) is 0 Å². The lowest BCUT2D eigenvalue weighted by Crippen LogP contribution is -2.36. The largest absolute Gasteiger partial charge is 0.370 e. The Labute approximate surface area is 143 Å². The number of rotatable bonds is 6. The zero-order valence-electron chi connectivity index (χ0n) is 14.2. The number of aliphatic imine (C=N–C) groups is 1. The molecule has 0 spiro atoms. The normalized spacial score (nSPS) is 22.3. The molecule has 0 bridgehead atoms. The molecule has 0 amide bonds. The van der Waals surface area contributed by atoms with Crippen LogP contribution in [-0.4, -0.2) is 48.1 Å². The number of likely N-dealkylation sites (N-methyl/N-ethyl adjacent to an activating group) is 1. The molecule has 0 saturated carbocycles. The van der Waals surface area contributed by atoms with Crippen LogP contribution in [0.1, 0.15) is 48.2 Å². The maximum absolute atomic E-state index is 6.00. The van der Waals surface area contributed by atoms with Gasteiger partial charge in [-0.1, -0.05) is 6.92 Å². The van der Waals surface area contributed by atoms with Crippen LogP contribution in [0.25, 0.3) is 0 Å². The maximum Gasteiger partial charge on any atom is 0.188 e. The van der Waals surface area contributed by atoms with Crippen LogP contribution in [0.2, 0.25) is 0 Å². The Hall–Kier alpha value is -1.14. The maximum atomic E-state index is 6.00. The number of fused-ring (bicyclic) bond motifs is 1. The number of guanidine groups is 1. The first-order valence-electron chi connectivity index (χ1n) is 9.01. The van der Waals surface area contributed by atoms with Gasteiger partial charge in [0.1, 0.15) is 0 Å². The molecule has 128 valence electrons. The van der Waals surface area contributed by atoms with Gasteiger partial charge in [0.05, 0.1) is 17.2 Å². The standard InChI is InChI=1S/C17H29N5S/c1-2-22-11-5-6-13(22)12-20-17(18)19-10-9-16-21-14-7-3-4-8-15(14)23-16/h13H,2-12H2,1H3,(H3,18,19,20). The SMILES string of the molecule is CCN1CCCC1CN=C(N)NCCc1nc2c(s1)CCCC2. The summed E-state index contributed by atoms with van der Waals surface area (Å²) in [5.41, 5.74) is 7.35. The Morgan fingerprint density at radius 2 is 2.26 bits per heavy atom. The van der Waals surface area contributed by atoms with Crippen molar-refractivity contribution in [1.29, 1.82) is 0 Å². The van der Waals surface area contributed by atoms with Gasteiger partial charge in [0.25, 0.3) is 0 Å². The highest BCUT2D eigenvalue weighted by Crippen LogP contribution is 2.26. The van der Waals surface area contributed by atoms with Crippen molar-refractivity contribution < 1.29 is 0 Å². The molecule has 3 rings (SSSR count). The van der Waals surface area contributed by atoms with Crippen molar-refractivity contribution in [1.82, 2.24) is 15.2 Å². The topological polar surface area (TPSA) is 66.5 Å². The smallest absolute Gasteiger partial charge is 0.188 e. The monoisotopic (exact) mass is 335 g/mol. The van der Waals surface area contributed by atoms with E-state index in [1.807, 2.05) is 11.3 Å². The van der Waals surface area contributed by atoms with E-state index in [4.69, 9.17) is 10.7 Å². The summed E-state index contributed by atoms with van der Waals surface area (Å²) in [6, 6.07) is 0.575. The lowest BCUT2D eigenvalue weighted by Gasteiger charge is -2.20. The van der Waals surface area contributed by atoms with E-state index < -0.39 is 0 Å². The Morgan fingerprint density at radius 3 is 3.09 bits per heavy atom. The lowest BCUT2D eigenvalue weighted by molar-refractivity contribution is 0.273. The molecule has 1 aliphatic heterocycles. The number of nitrogens with two attached hydrogens (primary N) is 1. The molecule has 23 heavy (non-hydrogen) atoms. The molecule has 2 aliphatic rings. The first kappa shape index (κ1) is 16.7. The van der Waals surface area contributed by atoms with Gasteiger partial charge in [-0.15, -0.1) is 11.3 Å². The highest BCUT2D eigenvalue weighted by atomic mass is 32.1. The molecule has 1 fully saturated rings. The van der Waals surface area contributed by atoms with Crippen LogP contribution in [0, 0.1) is 0 Å². The van der Waals surface area contributed by atoms with E-state index in [2.05, 4.69) is 22.1 Å². The second-order valence-electron chi connectivity index (χ2n) is 6.51. The van der Waals surface area contributed by atoms with Gasteiger partial charge in [-0.05, 0) is 51.6 Å². The summed E-state index contributed by atoms with van der Waals surface area (Å²) in [4.78, 5) is 13.3. The zero-order chi connectivity index (χ0) is 16.1. The van der Waals surface area contributed by atoms with Gasteiger partial charge >= 0.3 is 0 Å². The molecule has 0 radical (unpaired) electrons. The minimum absolute atomic E-state index is 0.575. The molecule has 5 nitrogen and oxygen atoms in total. The van der Waals surface area contributed by atoms with Crippen molar-refractivity contribution in [2.24, 2.45) is 10.7 Å². The molecule has 3 N–H and O–H groups in total. The first-order valence-corrected chi connectivity index (χ1v) is 9.83. The van der Waals surface area contributed by atoms with Crippen LogP contribution in [0.15, 0.2) is 4.99 Å². The van der Waals surface area contributed by atoms with Gasteiger partial charge in [-0.25, -0.2) is 4.98 Å². The average molecular weight is 336 g/mol. The highest BCUT2D eigenvalue weighted by molar-refractivity contribution is 7.11. The number of likely N-dealkylation sites (tertiary alicyclic amines) is 1. The van der Waals surface area contributed by atoms with Crippen LogP contribution < -0.4 is 11.1 Å². The Bertz CT molecular complexity index is 516. The zero-order valence-corrected chi connectivity index (χ0v) is 15.0. The number of hydrogen-bond acceptors (Lipinski definition) is 4. The van der Waals surface area contributed by atoms with E-state index in [0.29, 0.717) is 12.0 Å². The third kappa shape index (κ3) is 4.44. The first-order chi connectivity index (χ1) is 11.3. The van der Waals surface area contributed by atoms with Crippen molar-refractivity contribution in [3.8, 4) is 0 Å². The summed E-state index contributed by atoms with van der Waals surface area (Å²) in [5.74, 6) is 0.578. The fraction of sp³-hybridized carbons (Fsp3) is 0.765. The van der Waals surface area contributed by atoms with Crippen LogP contribution >= 0.6 is 11.3 Å². The van der Waals surface area contributed by atoms with Crippen LogP contribution in [-0.2, 0) is 19.3 Å². The highest BCUT2D eigenvalue weighted by Gasteiger charge is 2.22. The van der Waals surface area contributed by atoms with Crippen molar-refractivity contribution >= 4 is 17.3 Å². The third-order valence-electron chi connectivity index (χ3n) is 4.91. The molecular formula is C17H29N5S. The van der Waals surface area contributed by atoms with E-state index in [9.17, 15) is 0 Å². The Balaban J connectivity index is 1.41. The van der Waals surface area contributed by atoms with Gasteiger partial charge < -0.3 is 11.1 Å². The number of aryl methyl sites for hydroxylation is 2. The van der Waals surface area contributed by atoms with E-state index in [0.717, 1.165) is 32.5 Å². The fourth-order valence-corrected chi connectivity index (χ4v) is 4.74. The number of aromatic nitrogens is 1. The third-order valence-corrected chi connectivity index (χ3v) is 6.13. The Kier molecular flexibility index (Phi) is 5.89. The van der Waals surface area contributed by atoms with E-state index in [1.54, 1.807) is 0 Å². The quantitative estimate of drug-likeness (QED) is 0.616. The molecule has 1 aromatic rings. The molecule has 0 aromatic carbocycles. The molecule has 2 heterocycles. The van der Waals surface area contributed by atoms with Crippen LogP contribution in [0.4, 0.5) is 0 Å². The molecular weight excluding hydrogens is 306 g/mol. The molecule has 6 heteroatoms. The summed E-state index contributed by atoms with van der Waals surface area (Å²) in [7, 11) is 0. The molecule has 1 unspecified atom stereocenters. The van der Waals surface area contributed by atoms with E-state index in [1.165, 1.54) is 54.2 Å². The number of nitrogens with one attached hydrogen (secondary N) is 1. The summed E-state index contributed by atoms with van der Waals surface area (Å²) < 4.78 is 0. The fourth-order valence-electron chi connectivity index (χ4n) is 3.59. The summed E-state index contributed by atoms with van der Waals surface area (Å²) in [5, 5.41) is 4.49. The number of thiazole rings is 1. The minimum Gasteiger partial charge on any atom is -0.370 e. The van der Waals surface area contributed by atoms with Gasteiger partial charge in [-0.2, -0.15) is 0 Å². The molecule has 1 aromatic heterocycles. The summed E-state index contributed by atoms with van der Waals surface area (Å²) in [6.07, 6.45) is 8.48. The van der Waals surface area contributed by atoms with Gasteiger partial charge in [0.15, 0.2) is 5.96 Å². The predicted molar refractivity (Wildman–Crippen MR) is 97.2 cm³/mol. The predicted octanol–water partition coefficient (Wildman–Crippen LogP) is 1.95. The van der Waals surface area contributed by atoms with Crippen LogP contribution in [0.3, 0.4) is 0 Å². The van der Waals surface area contributed by atoms with E-state index in [-0.39, 0.29) is 0 Å². The van der Waals surface area contributed by atoms with Crippen molar-refractivity contribution in [2.45, 2.75) is 57.9 Å². The summed E-state index contributed by atoms with van der Waals surface area (Å²) >= 11 is 1.89. The van der Waals surface area contributed by atoms with Crippen molar-refractivity contribution in [2.75, 3.05) is 26.2 Å². The molecule has 1 aliphatic carbocycles. The Morgan fingerprint density at radius 1 is 1.39 bits per heavy atom. The lowest BCUT2D eigenvalue weighted by atomic mass is 10.0. The molecule has 1 saturated heterocycles. The van der Waals surface area contributed by atoms with E-state index >= 15 is 0 Å². The van der Waals surface area contributed by atoms with Crippen molar-refractivity contribution in [3.63, 3.8) is 0 Å². The average Bonchev–Trinajstić information content (AvgIpc) is 3.18. The van der Waals surface area contributed by atoms with Crippen molar-refractivity contribution in [3.05, 3.63) is 15.6 Å². The summed E-state index contributed by atoms with van der Waals surface area (Å²) in [6.45, 7) is 6.18. The second kappa shape index (κ2) is 8.11. The number of nitrogens with zero attached hydrogens (tertiary/aromatic N) is 3. The number of hydrogen-bond donors (Lipinski definition) is 2. The van der Waals surface area contributed by atoms with Gasteiger partial charge in [0.2, 0.25) is 0 Å². The van der Waals surface area contributed by atoms with Gasteiger partial charge in [0, 0.05) is 23.9 Å². The van der Waals surface area contributed by atoms with Gasteiger partial charge in [-0.3, -0.25) is 9.89 Å². The second-order valence-corrected chi connectivity index (χ2v) is 7.68. The molecule has 1 atom stereocenters.